The summed E-state index contributed by atoms with van der Waals surface area (Å²) in [5.74, 6) is 0.735. The highest BCUT2D eigenvalue weighted by atomic mass is 32.1. The third-order valence-corrected chi connectivity index (χ3v) is 15.4. The van der Waals surface area contributed by atoms with Crippen molar-refractivity contribution in [2.24, 2.45) is 10.9 Å². The van der Waals surface area contributed by atoms with Gasteiger partial charge in [-0.25, -0.2) is 0 Å². The Kier molecular flexibility index (Phi) is 10.1. The van der Waals surface area contributed by atoms with Gasteiger partial charge in [-0.2, -0.15) is 0 Å². The van der Waals surface area contributed by atoms with E-state index in [4.69, 9.17) is 4.99 Å². The lowest BCUT2D eigenvalue weighted by molar-refractivity contribution is 0.562. The first-order valence-corrected chi connectivity index (χ1v) is 23.6. The predicted octanol–water partition coefficient (Wildman–Crippen LogP) is 16.4. The zero-order chi connectivity index (χ0) is 40.9. The van der Waals surface area contributed by atoms with Gasteiger partial charge in [0.25, 0.3) is 0 Å². The van der Waals surface area contributed by atoms with Gasteiger partial charge >= 0.3 is 0 Å². The number of hydrogen-bond donors (Lipinski definition) is 0. The molecule has 6 aromatic carbocycles. The molecule has 2 heterocycles. The molecule has 0 bridgehead atoms. The molecule has 3 atom stereocenters. The first-order chi connectivity index (χ1) is 30.1. The first kappa shape index (κ1) is 38.1. The summed E-state index contributed by atoms with van der Waals surface area (Å²) in [4.78, 5) is 5.65. The summed E-state index contributed by atoms with van der Waals surface area (Å²) in [5, 5.41) is 5.49. The van der Waals surface area contributed by atoms with Crippen molar-refractivity contribution in [1.82, 2.24) is 0 Å². The summed E-state index contributed by atoms with van der Waals surface area (Å²) in [6.07, 6.45) is 23.8. The summed E-state index contributed by atoms with van der Waals surface area (Å²) in [6, 6.07) is 46.2. The Morgan fingerprint density at radius 3 is 2.30 bits per heavy atom. The first-order valence-electron chi connectivity index (χ1n) is 22.8. The normalized spacial score (nSPS) is 22.5. The van der Waals surface area contributed by atoms with Gasteiger partial charge in [-0.15, -0.1) is 11.3 Å². The lowest BCUT2D eigenvalue weighted by atomic mass is 9.72. The molecule has 0 saturated heterocycles. The van der Waals surface area contributed by atoms with Crippen molar-refractivity contribution in [3.63, 3.8) is 0 Å². The standard InChI is InChI=1S/C59H53NS/c1-3-39-37-55(41-18-8-5-9-19-41)60-54(40-16-6-4-7-17-40)32-28-38(2)58(39)45-21-14-20-44(34-45)46-25-15-26-50-47-22-10-11-23-48(47)52-35-42(29-31-51(52)59(46)50)43-30-33-57-53(36-43)49-24-12-13-27-56(49)61-57/h4-6,8-16,18-24,26-27,30,33-36,38,46,54H,3,7,17,25,28-29,31-32,37H2,1-2H3/b58-39+,60-55+/t38-,46?,54-/m1/s1. The highest BCUT2D eigenvalue weighted by molar-refractivity contribution is 7.25. The Morgan fingerprint density at radius 1 is 0.672 bits per heavy atom. The molecule has 0 saturated carbocycles. The molecule has 11 rings (SSSR count). The van der Waals surface area contributed by atoms with Crippen LogP contribution in [0.25, 0.3) is 54.2 Å². The Balaban J connectivity index is 1.01. The number of aliphatic imine (C=N–C) groups is 1. The fraction of sp³-hybridized carbons (Fsp3) is 0.237. The minimum absolute atomic E-state index is 0.228. The van der Waals surface area contributed by atoms with E-state index in [1.807, 2.05) is 11.3 Å². The van der Waals surface area contributed by atoms with Crippen LogP contribution in [-0.2, 0) is 6.42 Å². The lowest BCUT2D eigenvalue weighted by Gasteiger charge is -2.31. The van der Waals surface area contributed by atoms with Crippen LogP contribution in [0.2, 0.25) is 0 Å². The molecule has 2 heteroatoms. The quantitative estimate of drug-likeness (QED) is 0.159. The van der Waals surface area contributed by atoms with Crippen molar-refractivity contribution >= 4 is 71.3 Å². The molecular formula is C59H53NS. The average molecular weight is 808 g/mol. The second-order valence-corrected chi connectivity index (χ2v) is 18.8. The summed E-state index contributed by atoms with van der Waals surface area (Å²) >= 11 is 1.90. The van der Waals surface area contributed by atoms with Gasteiger partial charge < -0.3 is 0 Å². The van der Waals surface area contributed by atoms with Crippen molar-refractivity contribution in [2.75, 3.05) is 0 Å². The highest BCUT2D eigenvalue weighted by Crippen LogP contribution is 2.48. The second kappa shape index (κ2) is 16.2. The van der Waals surface area contributed by atoms with Crippen LogP contribution in [0.5, 0.6) is 0 Å². The molecule has 1 unspecified atom stereocenters. The predicted molar refractivity (Wildman–Crippen MR) is 265 cm³/mol. The molecule has 7 aromatic rings. The SMILES string of the molecule is CC/C1=C(\c2cccc(C3CC=Cc4c3c3c(c5ccccc45)C=C(c4ccc5sc6ccccc6c5c4)CC3)c2)[C@H](C)CC[C@H](C2=CC=CCC2)/N=C(/c2ccccc2)C1. The molecule has 0 N–H and O–H groups in total. The van der Waals surface area contributed by atoms with E-state index in [2.05, 4.69) is 172 Å². The van der Waals surface area contributed by atoms with Crippen molar-refractivity contribution in [2.45, 2.75) is 83.6 Å². The summed E-state index contributed by atoms with van der Waals surface area (Å²) in [6.45, 7) is 4.85. The van der Waals surface area contributed by atoms with Gasteiger partial charge in [0, 0.05) is 38.2 Å². The molecule has 3 aliphatic carbocycles. The van der Waals surface area contributed by atoms with Crippen LogP contribution in [0.4, 0.5) is 0 Å². The Hall–Kier alpha value is -5.83. The third kappa shape index (κ3) is 7.00. The van der Waals surface area contributed by atoms with Gasteiger partial charge in [0.2, 0.25) is 0 Å². The monoisotopic (exact) mass is 807 g/mol. The van der Waals surface area contributed by atoms with E-state index < -0.39 is 0 Å². The van der Waals surface area contributed by atoms with E-state index in [0.29, 0.717) is 11.8 Å². The van der Waals surface area contributed by atoms with Crippen LogP contribution < -0.4 is 0 Å². The Morgan fingerprint density at radius 2 is 1.46 bits per heavy atom. The van der Waals surface area contributed by atoms with Crippen molar-refractivity contribution < 1.29 is 0 Å². The van der Waals surface area contributed by atoms with E-state index in [1.54, 1.807) is 16.7 Å². The minimum atomic E-state index is 0.228. The van der Waals surface area contributed by atoms with E-state index >= 15 is 0 Å². The Bertz CT molecular complexity index is 3030. The maximum Gasteiger partial charge on any atom is 0.0716 e. The van der Waals surface area contributed by atoms with Crippen LogP contribution in [0.3, 0.4) is 0 Å². The summed E-state index contributed by atoms with van der Waals surface area (Å²) < 4.78 is 2.73. The lowest BCUT2D eigenvalue weighted by Crippen LogP contribution is -2.15. The van der Waals surface area contributed by atoms with Gasteiger partial charge in [0.05, 0.1) is 6.04 Å². The molecule has 0 fully saturated rings. The van der Waals surface area contributed by atoms with Crippen molar-refractivity contribution in [3.05, 3.63) is 201 Å². The molecule has 300 valence electrons. The van der Waals surface area contributed by atoms with E-state index in [1.165, 1.54) is 86.8 Å². The fourth-order valence-corrected chi connectivity index (χ4v) is 12.3. The minimum Gasteiger partial charge on any atom is -0.281 e. The Labute approximate surface area is 365 Å². The number of rotatable bonds is 6. The number of hydrogen-bond acceptors (Lipinski definition) is 2. The van der Waals surface area contributed by atoms with E-state index in [9.17, 15) is 0 Å². The number of thiophene rings is 1. The maximum atomic E-state index is 5.65. The van der Waals surface area contributed by atoms with Gasteiger partial charge in [-0.3, -0.25) is 4.99 Å². The van der Waals surface area contributed by atoms with Crippen LogP contribution in [0.1, 0.15) is 116 Å². The largest absolute Gasteiger partial charge is 0.281 e. The number of allylic oxidation sites excluding steroid dienone is 7. The molecule has 61 heavy (non-hydrogen) atoms. The molecule has 0 spiro atoms. The van der Waals surface area contributed by atoms with Gasteiger partial charge in [0.1, 0.15) is 0 Å². The van der Waals surface area contributed by atoms with Gasteiger partial charge in [-0.05, 0) is 147 Å². The second-order valence-electron chi connectivity index (χ2n) is 17.8. The number of fused-ring (bicyclic) bond motifs is 9. The highest BCUT2D eigenvalue weighted by Gasteiger charge is 2.30. The van der Waals surface area contributed by atoms with Gasteiger partial charge in [0.15, 0.2) is 0 Å². The third-order valence-electron chi connectivity index (χ3n) is 14.2. The van der Waals surface area contributed by atoms with Crippen LogP contribution in [-0.4, -0.2) is 11.8 Å². The average Bonchev–Trinajstić information content (AvgIpc) is 3.73. The number of benzene rings is 6. The smallest absolute Gasteiger partial charge is 0.0716 e. The molecule has 0 amide bonds. The maximum absolute atomic E-state index is 5.65. The number of nitrogens with zero attached hydrogens (tertiary/aromatic N) is 1. The van der Waals surface area contributed by atoms with Gasteiger partial charge in [-0.1, -0.05) is 159 Å². The molecule has 0 radical (unpaired) electrons. The molecular weight excluding hydrogens is 755 g/mol. The van der Waals surface area contributed by atoms with Crippen LogP contribution >= 0.6 is 11.3 Å². The van der Waals surface area contributed by atoms with Crippen molar-refractivity contribution in [1.29, 1.82) is 0 Å². The zero-order valence-electron chi connectivity index (χ0n) is 35.5. The molecule has 1 aromatic heterocycles. The zero-order valence-corrected chi connectivity index (χ0v) is 36.3. The molecule has 4 aliphatic rings. The molecule has 1 aliphatic heterocycles. The summed E-state index contributed by atoms with van der Waals surface area (Å²) in [5.41, 5.74) is 18.6. The fourth-order valence-electron chi connectivity index (χ4n) is 11.2. The summed E-state index contributed by atoms with van der Waals surface area (Å²) in [7, 11) is 0. The van der Waals surface area contributed by atoms with E-state index in [-0.39, 0.29) is 6.04 Å². The van der Waals surface area contributed by atoms with E-state index in [0.717, 1.165) is 57.8 Å². The van der Waals surface area contributed by atoms with Crippen molar-refractivity contribution in [3.8, 4) is 0 Å². The van der Waals surface area contributed by atoms with Crippen LogP contribution in [0, 0.1) is 5.92 Å². The van der Waals surface area contributed by atoms with Crippen LogP contribution in [0.15, 0.2) is 162 Å². The topological polar surface area (TPSA) is 12.4 Å². The molecule has 1 nitrogen and oxygen atoms in total.